The first-order valence-corrected chi connectivity index (χ1v) is 8.74. The van der Waals surface area contributed by atoms with Crippen LogP contribution in [-0.2, 0) is 0 Å². The van der Waals surface area contributed by atoms with Crippen molar-refractivity contribution in [3.05, 3.63) is 94.8 Å². The molecule has 0 spiro atoms. The van der Waals surface area contributed by atoms with Crippen LogP contribution in [0.2, 0.25) is 0 Å². The van der Waals surface area contributed by atoms with Gasteiger partial charge in [-0.1, -0.05) is 42.5 Å². The van der Waals surface area contributed by atoms with Crippen LogP contribution in [0.3, 0.4) is 0 Å². The fraction of sp³-hybridized carbons (Fsp3) is 0.0870. The summed E-state index contributed by atoms with van der Waals surface area (Å²) in [7, 11) is 1.00. The summed E-state index contributed by atoms with van der Waals surface area (Å²) in [5, 5.41) is 7.00. The highest BCUT2D eigenvalue weighted by Gasteiger charge is 2.11. The van der Waals surface area contributed by atoms with Gasteiger partial charge in [0.25, 0.3) is 5.91 Å². The molecule has 5 nitrogen and oxygen atoms in total. The Kier molecular flexibility index (Phi) is 7.51. The molecule has 0 bridgehead atoms. The van der Waals surface area contributed by atoms with Crippen LogP contribution in [-0.4, -0.2) is 30.2 Å². The van der Waals surface area contributed by atoms with Gasteiger partial charge in [-0.05, 0) is 47.9 Å². The number of benzene rings is 3. The number of aliphatic imine (C=N–C) groups is 1. The summed E-state index contributed by atoms with van der Waals surface area (Å²) in [6.07, 6.45) is 0.411. The van der Waals surface area contributed by atoms with E-state index in [0.29, 0.717) is 11.8 Å². The minimum atomic E-state index is -0.712. The van der Waals surface area contributed by atoms with Gasteiger partial charge in [0, 0.05) is 18.2 Å². The van der Waals surface area contributed by atoms with E-state index >= 15 is 0 Å². The quantitative estimate of drug-likeness (QED) is 0.402. The Morgan fingerprint density at radius 3 is 2.24 bits per heavy atom. The molecule has 0 heterocycles. The van der Waals surface area contributed by atoms with Crippen molar-refractivity contribution in [1.29, 1.82) is 0 Å². The maximum Gasteiger partial charge on any atom is 0.278 e. The van der Waals surface area contributed by atoms with Crippen LogP contribution in [0.1, 0.15) is 31.8 Å². The predicted molar refractivity (Wildman–Crippen MR) is 112 cm³/mol. The highest BCUT2D eigenvalue weighted by Crippen LogP contribution is 2.24. The average molecular weight is 392 g/mol. The Balaban J connectivity index is 0.00000145. The molecule has 6 heteroatoms. The number of halogens is 1. The number of hydrogen-bond donors (Lipinski definition) is 2. The lowest BCUT2D eigenvalue weighted by Crippen LogP contribution is -2.16. The summed E-state index contributed by atoms with van der Waals surface area (Å²) in [5.74, 6) is -1.34. The second-order valence-corrected chi connectivity index (χ2v) is 6.05. The summed E-state index contributed by atoms with van der Waals surface area (Å²) >= 11 is 0. The van der Waals surface area contributed by atoms with Gasteiger partial charge in [0.1, 0.15) is 11.7 Å². The zero-order valence-electron chi connectivity index (χ0n) is 16.1. The molecule has 0 aromatic heterocycles. The summed E-state index contributed by atoms with van der Waals surface area (Å²) in [4.78, 5) is 27.0. The molecule has 0 unspecified atom stereocenters. The lowest BCUT2D eigenvalue weighted by atomic mass is 9.98. The first kappa shape index (κ1) is 21.7. The number of nitrogens with two attached hydrogens (primary N) is 1. The predicted octanol–water partition coefficient (Wildman–Crippen LogP) is 3.77. The van der Waals surface area contributed by atoms with Crippen molar-refractivity contribution in [3.63, 3.8) is 0 Å². The normalized spacial score (nSPS) is 10.7. The number of amidine groups is 1. The molecule has 0 fully saturated rings. The van der Waals surface area contributed by atoms with Gasteiger partial charge >= 0.3 is 0 Å². The molecule has 0 saturated carbocycles. The van der Waals surface area contributed by atoms with Crippen molar-refractivity contribution in [1.82, 2.24) is 0 Å². The second-order valence-electron chi connectivity index (χ2n) is 6.05. The monoisotopic (exact) mass is 392 g/mol. The van der Waals surface area contributed by atoms with Gasteiger partial charge < -0.3 is 10.8 Å². The molecule has 0 radical (unpaired) electrons. The lowest BCUT2D eigenvalue weighted by Gasteiger charge is -2.08. The van der Waals surface area contributed by atoms with Crippen LogP contribution in [0.4, 0.5) is 4.39 Å². The molecular weight excluding hydrogens is 371 g/mol. The number of rotatable bonds is 4. The van der Waals surface area contributed by atoms with Crippen molar-refractivity contribution in [3.8, 4) is 11.1 Å². The highest BCUT2D eigenvalue weighted by molar-refractivity contribution is 6.09. The van der Waals surface area contributed by atoms with E-state index in [-0.39, 0.29) is 17.0 Å². The number of aliphatic hydroxyl groups is 1. The largest absolute Gasteiger partial charge is 0.400 e. The van der Waals surface area contributed by atoms with Gasteiger partial charge in [0.05, 0.1) is 5.56 Å². The van der Waals surface area contributed by atoms with Crippen molar-refractivity contribution in [2.45, 2.75) is 6.92 Å². The van der Waals surface area contributed by atoms with Crippen LogP contribution < -0.4 is 5.73 Å². The number of amides is 1. The highest BCUT2D eigenvalue weighted by atomic mass is 19.1. The molecule has 0 atom stereocenters. The van der Waals surface area contributed by atoms with Gasteiger partial charge in [0.2, 0.25) is 0 Å². The zero-order valence-corrected chi connectivity index (χ0v) is 16.1. The van der Waals surface area contributed by atoms with Crippen molar-refractivity contribution < 1.29 is 19.1 Å². The topological polar surface area (TPSA) is 92.8 Å². The third-order valence-corrected chi connectivity index (χ3v) is 4.20. The molecule has 0 saturated heterocycles. The van der Waals surface area contributed by atoms with E-state index in [2.05, 4.69) is 4.99 Å². The van der Waals surface area contributed by atoms with Crippen LogP contribution in [0.15, 0.2) is 71.7 Å². The van der Waals surface area contributed by atoms with Gasteiger partial charge in [-0.3, -0.25) is 9.59 Å². The molecule has 0 aliphatic heterocycles. The lowest BCUT2D eigenvalue weighted by molar-refractivity contribution is 0.100. The summed E-state index contributed by atoms with van der Waals surface area (Å²) < 4.78 is 13.7. The van der Waals surface area contributed by atoms with Gasteiger partial charge in [-0.2, -0.15) is 4.99 Å². The van der Waals surface area contributed by atoms with Crippen LogP contribution >= 0.6 is 0 Å². The molecule has 3 N–H and O–H groups in total. The number of aldehydes is 1. The first-order chi connectivity index (χ1) is 14.0. The fourth-order valence-electron chi connectivity index (χ4n) is 2.76. The third kappa shape index (κ3) is 5.21. The second kappa shape index (κ2) is 10.1. The Hall–Kier alpha value is -3.64. The van der Waals surface area contributed by atoms with Crippen molar-refractivity contribution in [2.75, 3.05) is 7.11 Å². The van der Waals surface area contributed by atoms with E-state index < -0.39 is 11.7 Å². The smallest absolute Gasteiger partial charge is 0.278 e. The average Bonchev–Trinajstić information content (AvgIpc) is 2.75. The van der Waals surface area contributed by atoms with E-state index in [1.54, 1.807) is 12.1 Å². The van der Waals surface area contributed by atoms with Crippen LogP contribution in [0.5, 0.6) is 0 Å². The van der Waals surface area contributed by atoms with E-state index in [1.807, 2.05) is 43.3 Å². The Morgan fingerprint density at radius 2 is 1.66 bits per heavy atom. The number of carbonyl (C=O) groups excluding carboxylic acids is 2. The van der Waals surface area contributed by atoms with E-state index in [1.165, 1.54) is 12.1 Å². The van der Waals surface area contributed by atoms with Gasteiger partial charge in [0.15, 0.2) is 6.29 Å². The summed E-state index contributed by atoms with van der Waals surface area (Å²) in [6, 6.07) is 19.0. The molecule has 3 aromatic carbocycles. The Morgan fingerprint density at radius 1 is 1.00 bits per heavy atom. The molecule has 1 amide bonds. The molecule has 0 aliphatic carbocycles. The van der Waals surface area contributed by atoms with Crippen molar-refractivity contribution >= 4 is 18.0 Å². The summed E-state index contributed by atoms with van der Waals surface area (Å²) in [5.41, 5.74) is 9.39. The van der Waals surface area contributed by atoms with Crippen LogP contribution in [0.25, 0.3) is 11.1 Å². The molecule has 3 aromatic rings. The van der Waals surface area contributed by atoms with Gasteiger partial charge in [-0.25, -0.2) is 4.39 Å². The number of nitrogens with zero attached hydrogens (tertiary/aromatic N) is 1. The molecule has 29 heavy (non-hydrogen) atoms. The SMILES string of the molecule is CO.Cc1cc(C(=O)N=C(N)c2ccc(C=O)c(F)c2)ccc1-c1ccccc1. The zero-order chi connectivity index (χ0) is 21.4. The maximum atomic E-state index is 13.7. The third-order valence-electron chi connectivity index (χ3n) is 4.20. The van der Waals surface area contributed by atoms with E-state index in [9.17, 15) is 14.0 Å². The summed E-state index contributed by atoms with van der Waals surface area (Å²) in [6.45, 7) is 1.92. The number of aryl methyl sites for hydroxylation is 1. The molecular formula is C23H21FN2O3. The minimum absolute atomic E-state index is 0.0787. The Labute approximate surface area is 168 Å². The van der Waals surface area contributed by atoms with Crippen molar-refractivity contribution in [2.24, 2.45) is 10.7 Å². The Bertz CT molecular complexity index is 1050. The fourth-order valence-corrected chi connectivity index (χ4v) is 2.76. The van der Waals surface area contributed by atoms with Crippen LogP contribution in [0, 0.1) is 12.7 Å². The number of hydrogen-bond acceptors (Lipinski definition) is 3. The molecule has 0 aliphatic rings. The number of carbonyl (C=O) groups is 2. The minimum Gasteiger partial charge on any atom is -0.400 e. The van der Waals surface area contributed by atoms with E-state index in [4.69, 9.17) is 10.8 Å². The first-order valence-electron chi connectivity index (χ1n) is 8.74. The number of aliphatic hydroxyl groups excluding tert-OH is 1. The van der Waals surface area contributed by atoms with Gasteiger partial charge in [-0.15, -0.1) is 0 Å². The standard InChI is InChI=1S/C22H17FN2O2.CH4O/c1-14-11-17(9-10-19(14)15-5-3-2-4-6-15)22(27)25-21(24)16-7-8-18(13-26)20(23)12-16;1-2/h2-13H,1H3,(H2,24,25,27);2H,1H3. The van der Waals surface area contributed by atoms with E-state index in [0.717, 1.165) is 29.9 Å². The molecule has 3 rings (SSSR count). The molecule has 148 valence electrons. The maximum absolute atomic E-state index is 13.7.